The lowest BCUT2D eigenvalue weighted by molar-refractivity contribution is -0.166. The van der Waals surface area contributed by atoms with Crippen molar-refractivity contribution in [1.29, 1.82) is 0 Å². The lowest BCUT2D eigenvalue weighted by Crippen LogP contribution is -2.62. The van der Waals surface area contributed by atoms with Crippen LogP contribution in [0, 0.1) is 17.3 Å². The van der Waals surface area contributed by atoms with Crippen molar-refractivity contribution in [3.63, 3.8) is 0 Å². The number of rotatable bonds is 5. The van der Waals surface area contributed by atoms with Gasteiger partial charge in [-0.2, -0.15) is 0 Å². The molecular weight excluding hydrogens is 270 g/mol. The Kier molecular flexibility index (Phi) is 4.61. The predicted octanol–water partition coefficient (Wildman–Crippen LogP) is 2.15. The molecule has 0 spiro atoms. The zero-order valence-electron chi connectivity index (χ0n) is 13.5. The molecule has 5 nitrogen and oxygen atoms in total. The molecule has 2 saturated carbocycles. The van der Waals surface area contributed by atoms with Crippen molar-refractivity contribution >= 4 is 11.9 Å². The van der Waals surface area contributed by atoms with Crippen LogP contribution in [-0.2, 0) is 14.3 Å². The van der Waals surface area contributed by atoms with E-state index in [2.05, 4.69) is 13.8 Å². The summed E-state index contributed by atoms with van der Waals surface area (Å²) >= 11 is 0. The fourth-order valence-corrected chi connectivity index (χ4v) is 3.88. The number of aliphatic carboxylic acids is 1. The topological polar surface area (TPSA) is 66.8 Å². The number of hydrogen-bond donors (Lipinski definition) is 1. The molecule has 2 aliphatic rings. The van der Waals surface area contributed by atoms with Crippen LogP contribution in [0.15, 0.2) is 0 Å². The summed E-state index contributed by atoms with van der Waals surface area (Å²) < 4.78 is 5.71. The fraction of sp³-hybridized carbons (Fsp3) is 0.875. The molecule has 2 fully saturated rings. The van der Waals surface area contributed by atoms with Gasteiger partial charge in [0, 0.05) is 31.0 Å². The summed E-state index contributed by atoms with van der Waals surface area (Å²) in [6.07, 6.45) is 2.88. The van der Waals surface area contributed by atoms with Gasteiger partial charge in [-0.1, -0.05) is 13.8 Å². The normalized spacial score (nSPS) is 34.3. The van der Waals surface area contributed by atoms with E-state index in [-0.39, 0.29) is 35.3 Å². The molecule has 2 aliphatic carbocycles. The SMILES string of the molecule is CCOC1CC(N(C)C(=O)[C@@H]2CC[C@H](C(=O)O)C2)C1(C)C. The highest BCUT2D eigenvalue weighted by Gasteiger charge is 2.52. The van der Waals surface area contributed by atoms with Crippen LogP contribution in [0.25, 0.3) is 0 Å². The first kappa shape index (κ1) is 16.3. The third-order valence-corrected chi connectivity index (χ3v) is 5.44. The maximum atomic E-state index is 12.6. The number of hydrogen-bond acceptors (Lipinski definition) is 3. The third-order valence-electron chi connectivity index (χ3n) is 5.44. The summed E-state index contributed by atoms with van der Waals surface area (Å²) in [7, 11) is 1.85. The number of carboxylic acid groups (broad SMARTS) is 1. The molecule has 0 heterocycles. The standard InChI is InChI=1S/C16H27NO4/c1-5-21-13-9-12(16(13,2)3)17(4)14(18)10-6-7-11(8-10)15(19)20/h10-13H,5-9H2,1-4H3,(H,19,20)/t10-,11+,12?,13?/m1/s1. The van der Waals surface area contributed by atoms with Crippen LogP contribution in [-0.4, -0.2) is 47.7 Å². The molecule has 0 aromatic heterocycles. The van der Waals surface area contributed by atoms with Crippen LogP contribution >= 0.6 is 0 Å². The summed E-state index contributed by atoms with van der Waals surface area (Å²) in [6, 6.07) is 0.186. The van der Waals surface area contributed by atoms with Crippen LogP contribution in [0.5, 0.6) is 0 Å². The first-order valence-electron chi connectivity index (χ1n) is 7.90. The molecule has 120 valence electrons. The Morgan fingerprint density at radius 3 is 2.33 bits per heavy atom. The van der Waals surface area contributed by atoms with E-state index in [1.165, 1.54) is 0 Å². The monoisotopic (exact) mass is 297 g/mol. The Hall–Kier alpha value is -1.10. The van der Waals surface area contributed by atoms with Crippen LogP contribution < -0.4 is 0 Å². The predicted molar refractivity (Wildman–Crippen MR) is 78.8 cm³/mol. The number of nitrogens with zero attached hydrogens (tertiary/aromatic N) is 1. The summed E-state index contributed by atoms with van der Waals surface area (Å²) in [5.74, 6) is -1.14. The summed E-state index contributed by atoms with van der Waals surface area (Å²) in [4.78, 5) is 25.4. The Morgan fingerprint density at radius 1 is 1.24 bits per heavy atom. The average molecular weight is 297 g/mol. The number of carboxylic acids is 1. The van der Waals surface area contributed by atoms with Gasteiger partial charge >= 0.3 is 5.97 Å². The highest BCUT2D eigenvalue weighted by molar-refractivity contribution is 5.81. The molecule has 2 unspecified atom stereocenters. The van der Waals surface area contributed by atoms with E-state index in [1.54, 1.807) is 0 Å². The van der Waals surface area contributed by atoms with E-state index in [9.17, 15) is 9.59 Å². The van der Waals surface area contributed by atoms with E-state index in [4.69, 9.17) is 9.84 Å². The first-order chi connectivity index (χ1) is 9.78. The molecule has 1 amide bonds. The summed E-state index contributed by atoms with van der Waals surface area (Å²) in [5.41, 5.74) is -0.0365. The molecule has 0 saturated heterocycles. The van der Waals surface area contributed by atoms with Crippen LogP contribution in [0.4, 0.5) is 0 Å². The molecular formula is C16H27NO4. The lowest BCUT2D eigenvalue weighted by atomic mass is 9.63. The molecule has 0 radical (unpaired) electrons. The van der Waals surface area contributed by atoms with Crippen molar-refractivity contribution in [3.8, 4) is 0 Å². The number of amides is 1. The van der Waals surface area contributed by atoms with Gasteiger partial charge in [0.2, 0.25) is 5.91 Å². The highest BCUT2D eigenvalue weighted by atomic mass is 16.5. The lowest BCUT2D eigenvalue weighted by Gasteiger charge is -2.55. The van der Waals surface area contributed by atoms with Gasteiger partial charge in [-0.15, -0.1) is 0 Å². The summed E-state index contributed by atoms with van der Waals surface area (Å²) in [5, 5.41) is 9.05. The molecule has 5 heteroatoms. The molecule has 2 rings (SSSR count). The van der Waals surface area contributed by atoms with Crippen molar-refractivity contribution in [2.75, 3.05) is 13.7 Å². The van der Waals surface area contributed by atoms with Gasteiger partial charge in [0.25, 0.3) is 0 Å². The molecule has 0 aromatic carbocycles. The van der Waals surface area contributed by atoms with Gasteiger partial charge in [-0.05, 0) is 32.6 Å². The van der Waals surface area contributed by atoms with E-state index in [0.717, 1.165) is 6.42 Å². The van der Waals surface area contributed by atoms with Crippen molar-refractivity contribution in [2.24, 2.45) is 17.3 Å². The third kappa shape index (κ3) is 2.93. The average Bonchev–Trinajstić information content (AvgIpc) is 2.91. The minimum absolute atomic E-state index is 0.0365. The van der Waals surface area contributed by atoms with Crippen molar-refractivity contribution in [1.82, 2.24) is 4.90 Å². The Morgan fingerprint density at radius 2 is 1.86 bits per heavy atom. The maximum absolute atomic E-state index is 12.6. The quantitative estimate of drug-likeness (QED) is 0.844. The zero-order valence-corrected chi connectivity index (χ0v) is 13.5. The van der Waals surface area contributed by atoms with Gasteiger partial charge in [-0.25, -0.2) is 0 Å². The summed E-state index contributed by atoms with van der Waals surface area (Å²) in [6.45, 7) is 6.96. The Balaban J connectivity index is 1.94. The van der Waals surface area contributed by atoms with Gasteiger partial charge in [0.15, 0.2) is 0 Å². The Labute approximate surface area is 126 Å². The van der Waals surface area contributed by atoms with E-state index < -0.39 is 5.97 Å². The fourth-order valence-electron chi connectivity index (χ4n) is 3.88. The van der Waals surface area contributed by atoms with Gasteiger partial charge in [-0.3, -0.25) is 9.59 Å². The largest absolute Gasteiger partial charge is 0.481 e. The smallest absolute Gasteiger partial charge is 0.306 e. The molecule has 0 bridgehead atoms. The number of ether oxygens (including phenoxy) is 1. The van der Waals surface area contributed by atoms with E-state index in [1.807, 2.05) is 18.9 Å². The minimum atomic E-state index is -0.770. The first-order valence-corrected chi connectivity index (χ1v) is 7.90. The van der Waals surface area contributed by atoms with Crippen molar-refractivity contribution in [3.05, 3.63) is 0 Å². The van der Waals surface area contributed by atoms with Gasteiger partial charge in [0.1, 0.15) is 0 Å². The number of carbonyl (C=O) groups excluding carboxylic acids is 1. The van der Waals surface area contributed by atoms with E-state index in [0.29, 0.717) is 25.9 Å². The second-order valence-corrected chi connectivity index (χ2v) is 7.01. The van der Waals surface area contributed by atoms with Crippen molar-refractivity contribution in [2.45, 2.75) is 58.6 Å². The van der Waals surface area contributed by atoms with Gasteiger partial charge in [0.05, 0.1) is 12.0 Å². The molecule has 4 atom stereocenters. The van der Waals surface area contributed by atoms with Crippen LogP contribution in [0.2, 0.25) is 0 Å². The second kappa shape index (κ2) is 5.95. The second-order valence-electron chi connectivity index (χ2n) is 7.01. The number of carbonyl (C=O) groups is 2. The van der Waals surface area contributed by atoms with Crippen LogP contribution in [0.1, 0.15) is 46.5 Å². The zero-order chi connectivity index (χ0) is 15.8. The van der Waals surface area contributed by atoms with E-state index >= 15 is 0 Å². The van der Waals surface area contributed by atoms with Gasteiger partial charge < -0.3 is 14.7 Å². The molecule has 1 N–H and O–H groups in total. The maximum Gasteiger partial charge on any atom is 0.306 e. The minimum Gasteiger partial charge on any atom is -0.481 e. The van der Waals surface area contributed by atoms with Crippen LogP contribution in [0.3, 0.4) is 0 Å². The molecule has 0 aromatic rings. The highest BCUT2D eigenvalue weighted by Crippen LogP contribution is 2.46. The Bertz CT molecular complexity index is 421. The molecule has 0 aliphatic heterocycles. The van der Waals surface area contributed by atoms with Crippen molar-refractivity contribution < 1.29 is 19.4 Å². The molecule has 21 heavy (non-hydrogen) atoms.